The average Bonchev–Trinajstić information content (AvgIpc) is 2.74. The molecule has 0 amide bonds. The quantitative estimate of drug-likeness (QED) is 0.889. The van der Waals surface area contributed by atoms with Gasteiger partial charge in [-0.1, -0.05) is 6.07 Å². The van der Waals surface area contributed by atoms with E-state index in [2.05, 4.69) is 25.8 Å². The minimum atomic E-state index is -3.50. The number of aromatic nitrogens is 2. The summed E-state index contributed by atoms with van der Waals surface area (Å²) >= 11 is 3.29. The summed E-state index contributed by atoms with van der Waals surface area (Å²) in [5.74, 6) is 0. The minimum Gasteiger partial charge on any atom is -0.276 e. The van der Waals surface area contributed by atoms with Crippen molar-refractivity contribution in [2.75, 3.05) is 6.54 Å². The SMILES string of the molecule is Cc1ccc(S(=O)(=O)NCCc2cnn(C)c2)c(Br)c1. The summed E-state index contributed by atoms with van der Waals surface area (Å²) in [6.45, 7) is 2.26. The first-order chi connectivity index (χ1) is 9.38. The number of benzene rings is 1. The molecule has 0 atom stereocenters. The van der Waals surface area contributed by atoms with E-state index in [1.807, 2.05) is 20.2 Å². The number of nitrogens with one attached hydrogen (secondary N) is 1. The van der Waals surface area contributed by atoms with Gasteiger partial charge in [-0.25, -0.2) is 13.1 Å². The Kier molecular flexibility index (Phi) is 4.62. The van der Waals surface area contributed by atoms with Gasteiger partial charge in [0.15, 0.2) is 0 Å². The third kappa shape index (κ3) is 3.68. The Morgan fingerprint density at radius 3 is 2.75 bits per heavy atom. The fourth-order valence-corrected chi connectivity index (χ4v) is 4.05. The van der Waals surface area contributed by atoms with Gasteiger partial charge >= 0.3 is 0 Å². The van der Waals surface area contributed by atoms with Crippen molar-refractivity contribution in [1.82, 2.24) is 14.5 Å². The molecule has 0 radical (unpaired) electrons. The molecule has 0 fully saturated rings. The van der Waals surface area contributed by atoms with Crippen molar-refractivity contribution in [3.8, 4) is 0 Å². The van der Waals surface area contributed by atoms with E-state index < -0.39 is 10.0 Å². The van der Waals surface area contributed by atoms with Crippen molar-refractivity contribution in [3.05, 3.63) is 46.2 Å². The Labute approximate surface area is 127 Å². The van der Waals surface area contributed by atoms with Crippen molar-refractivity contribution in [1.29, 1.82) is 0 Å². The zero-order valence-corrected chi connectivity index (χ0v) is 13.7. The molecule has 0 saturated carbocycles. The molecular formula is C13H16BrN3O2S. The third-order valence-corrected chi connectivity index (χ3v) is 5.28. The maximum atomic E-state index is 12.2. The zero-order valence-electron chi connectivity index (χ0n) is 11.3. The van der Waals surface area contributed by atoms with Gasteiger partial charge in [-0.15, -0.1) is 0 Å². The van der Waals surface area contributed by atoms with E-state index in [4.69, 9.17) is 0 Å². The van der Waals surface area contributed by atoms with Gasteiger partial charge in [0.1, 0.15) is 0 Å². The molecule has 1 aromatic carbocycles. The first-order valence-electron chi connectivity index (χ1n) is 6.12. The largest absolute Gasteiger partial charge is 0.276 e. The summed E-state index contributed by atoms with van der Waals surface area (Å²) < 4.78 is 29.3. The fourth-order valence-electron chi connectivity index (χ4n) is 1.83. The lowest BCUT2D eigenvalue weighted by molar-refractivity contribution is 0.581. The van der Waals surface area contributed by atoms with Crippen molar-refractivity contribution < 1.29 is 8.42 Å². The zero-order chi connectivity index (χ0) is 14.8. The van der Waals surface area contributed by atoms with E-state index in [0.29, 0.717) is 17.4 Å². The predicted molar refractivity (Wildman–Crippen MR) is 81.0 cm³/mol. The molecule has 0 aliphatic heterocycles. The summed E-state index contributed by atoms with van der Waals surface area (Å²) in [5, 5.41) is 4.05. The molecule has 1 heterocycles. The maximum absolute atomic E-state index is 12.2. The van der Waals surface area contributed by atoms with Crippen LogP contribution in [-0.4, -0.2) is 24.7 Å². The molecule has 20 heavy (non-hydrogen) atoms. The van der Waals surface area contributed by atoms with Crippen LogP contribution in [0, 0.1) is 6.92 Å². The van der Waals surface area contributed by atoms with Crippen molar-refractivity contribution in [2.24, 2.45) is 7.05 Å². The van der Waals surface area contributed by atoms with Gasteiger partial charge in [-0.05, 0) is 52.5 Å². The van der Waals surface area contributed by atoms with Crippen molar-refractivity contribution in [3.63, 3.8) is 0 Å². The lowest BCUT2D eigenvalue weighted by Crippen LogP contribution is -2.26. The minimum absolute atomic E-state index is 0.259. The number of hydrogen-bond donors (Lipinski definition) is 1. The highest BCUT2D eigenvalue weighted by atomic mass is 79.9. The highest BCUT2D eigenvalue weighted by Crippen LogP contribution is 2.22. The highest BCUT2D eigenvalue weighted by Gasteiger charge is 2.16. The Morgan fingerprint density at radius 2 is 2.15 bits per heavy atom. The third-order valence-electron chi connectivity index (χ3n) is 2.84. The van der Waals surface area contributed by atoms with E-state index >= 15 is 0 Å². The molecule has 0 unspecified atom stereocenters. The average molecular weight is 358 g/mol. The summed E-state index contributed by atoms with van der Waals surface area (Å²) in [5.41, 5.74) is 2.00. The Hall–Kier alpha value is -1.18. The van der Waals surface area contributed by atoms with Crippen LogP contribution in [0.4, 0.5) is 0 Å². The molecule has 2 rings (SSSR count). The molecule has 0 aliphatic rings. The van der Waals surface area contributed by atoms with Crippen LogP contribution in [0.5, 0.6) is 0 Å². The molecule has 0 spiro atoms. The molecule has 2 aromatic rings. The fraction of sp³-hybridized carbons (Fsp3) is 0.308. The predicted octanol–water partition coefficient (Wildman–Crippen LogP) is 2.01. The maximum Gasteiger partial charge on any atom is 0.241 e. The van der Waals surface area contributed by atoms with Crippen molar-refractivity contribution >= 4 is 26.0 Å². The Bertz CT molecular complexity index is 710. The standard InChI is InChI=1S/C13H16BrN3O2S/c1-10-3-4-13(12(14)7-10)20(18,19)16-6-5-11-8-15-17(2)9-11/h3-4,7-9,16H,5-6H2,1-2H3. The molecular weight excluding hydrogens is 342 g/mol. The first kappa shape index (κ1) is 15.2. The van der Waals surface area contributed by atoms with Crippen LogP contribution in [0.25, 0.3) is 0 Å². The lowest BCUT2D eigenvalue weighted by atomic mass is 10.2. The van der Waals surface area contributed by atoms with Crippen LogP contribution in [-0.2, 0) is 23.5 Å². The van der Waals surface area contributed by atoms with Crippen LogP contribution in [0.15, 0.2) is 40.0 Å². The van der Waals surface area contributed by atoms with Gasteiger partial charge in [-0.2, -0.15) is 5.10 Å². The van der Waals surface area contributed by atoms with Crippen LogP contribution in [0.1, 0.15) is 11.1 Å². The lowest BCUT2D eigenvalue weighted by Gasteiger charge is -2.08. The molecule has 1 aromatic heterocycles. The van der Waals surface area contributed by atoms with E-state index in [1.165, 1.54) is 0 Å². The number of rotatable bonds is 5. The van der Waals surface area contributed by atoms with Gasteiger partial charge in [0.2, 0.25) is 10.0 Å². The van der Waals surface area contributed by atoms with Gasteiger partial charge in [0.05, 0.1) is 11.1 Å². The second-order valence-electron chi connectivity index (χ2n) is 4.60. The number of nitrogens with zero attached hydrogens (tertiary/aromatic N) is 2. The smallest absolute Gasteiger partial charge is 0.241 e. The second-order valence-corrected chi connectivity index (χ2v) is 7.19. The van der Waals surface area contributed by atoms with E-state index in [1.54, 1.807) is 29.1 Å². The highest BCUT2D eigenvalue weighted by molar-refractivity contribution is 9.10. The molecule has 108 valence electrons. The number of halogens is 1. The molecule has 7 heteroatoms. The topological polar surface area (TPSA) is 64.0 Å². The summed E-state index contributed by atoms with van der Waals surface area (Å²) in [7, 11) is -1.66. The van der Waals surface area contributed by atoms with Crippen LogP contribution < -0.4 is 4.72 Å². The first-order valence-corrected chi connectivity index (χ1v) is 8.39. The molecule has 0 saturated heterocycles. The Morgan fingerprint density at radius 1 is 1.40 bits per heavy atom. The number of hydrogen-bond acceptors (Lipinski definition) is 3. The van der Waals surface area contributed by atoms with E-state index in [0.717, 1.165) is 11.1 Å². The Balaban J connectivity index is 2.04. The molecule has 0 bridgehead atoms. The number of sulfonamides is 1. The summed E-state index contributed by atoms with van der Waals surface area (Å²) in [6.07, 6.45) is 4.21. The van der Waals surface area contributed by atoms with Gasteiger partial charge in [0.25, 0.3) is 0 Å². The van der Waals surface area contributed by atoms with E-state index in [9.17, 15) is 8.42 Å². The summed E-state index contributed by atoms with van der Waals surface area (Å²) in [6, 6.07) is 5.17. The van der Waals surface area contributed by atoms with E-state index in [-0.39, 0.29) is 4.90 Å². The monoisotopic (exact) mass is 357 g/mol. The number of aryl methyl sites for hydroxylation is 2. The van der Waals surface area contributed by atoms with Crippen LogP contribution in [0.3, 0.4) is 0 Å². The van der Waals surface area contributed by atoms with Crippen LogP contribution in [0.2, 0.25) is 0 Å². The summed E-state index contributed by atoms with van der Waals surface area (Å²) in [4.78, 5) is 0.259. The van der Waals surface area contributed by atoms with Crippen LogP contribution >= 0.6 is 15.9 Å². The second kappa shape index (κ2) is 6.07. The normalized spacial score (nSPS) is 11.8. The molecule has 1 N–H and O–H groups in total. The van der Waals surface area contributed by atoms with Gasteiger partial charge in [-0.3, -0.25) is 4.68 Å². The van der Waals surface area contributed by atoms with Gasteiger partial charge < -0.3 is 0 Å². The molecule has 0 aliphatic carbocycles. The molecule has 5 nitrogen and oxygen atoms in total. The van der Waals surface area contributed by atoms with Crippen molar-refractivity contribution in [2.45, 2.75) is 18.2 Å². The van der Waals surface area contributed by atoms with Gasteiger partial charge in [0, 0.05) is 24.3 Å².